The Hall–Kier alpha value is -2.99. The number of likely N-dealkylation sites (tertiary alicyclic amines) is 1. The van der Waals surface area contributed by atoms with Gasteiger partial charge in [-0.3, -0.25) is 4.79 Å². The van der Waals surface area contributed by atoms with Crippen LogP contribution in [0.25, 0.3) is 22.2 Å². The minimum Gasteiger partial charge on any atom is -0.493 e. The van der Waals surface area contributed by atoms with Gasteiger partial charge in [0.1, 0.15) is 0 Å². The van der Waals surface area contributed by atoms with Gasteiger partial charge in [0.15, 0.2) is 11.5 Å². The fourth-order valence-electron chi connectivity index (χ4n) is 4.96. The second-order valence-corrected chi connectivity index (χ2v) is 9.10. The predicted octanol–water partition coefficient (Wildman–Crippen LogP) is 4.68. The van der Waals surface area contributed by atoms with Gasteiger partial charge in [0.25, 0.3) is 0 Å². The molecule has 1 aliphatic heterocycles. The van der Waals surface area contributed by atoms with Crippen LogP contribution in [0.5, 0.6) is 11.5 Å². The molecule has 176 valence electrons. The summed E-state index contributed by atoms with van der Waals surface area (Å²) in [7, 11) is 7.21. The molecule has 0 spiro atoms. The Balaban J connectivity index is 1.60. The van der Waals surface area contributed by atoms with Gasteiger partial charge < -0.3 is 24.3 Å². The molecule has 0 unspecified atom stereocenters. The lowest BCUT2D eigenvalue weighted by atomic mass is 9.88. The van der Waals surface area contributed by atoms with Crippen LogP contribution < -0.4 is 9.47 Å². The molecule has 0 aliphatic carbocycles. The number of hydrogen-bond donors (Lipinski definition) is 1. The number of aromatic nitrogens is 1. The zero-order valence-corrected chi connectivity index (χ0v) is 20.4. The van der Waals surface area contributed by atoms with E-state index in [4.69, 9.17) is 9.47 Å². The number of ether oxygens (including phenoxy) is 2. The zero-order valence-electron chi connectivity index (χ0n) is 20.4. The first-order chi connectivity index (χ1) is 15.9. The van der Waals surface area contributed by atoms with Gasteiger partial charge in [-0.05, 0) is 80.7 Å². The van der Waals surface area contributed by atoms with Crippen molar-refractivity contribution in [3.63, 3.8) is 0 Å². The lowest BCUT2D eigenvalue weighted by molar-refractivity contribution is -0.132. The summed E-state index contributed by atoms with van der Waals surface area (Å²) in [4.78, 5) is 20.0. The van der Waals surface area contributed by atoms with Gasteiger partial charge in [-0.25, -0.2) is 0 Å². The average molecular weight is 450 g/mol. The number of hydrogen-bond acceptors (Lipinski definition) is 4. The van der Waals surface area contributed by atoms with Crippen molar-refractivity contribution in [2.75, 3.05) is 47.9 Å². The van der Waals surface area contributed by atoms with Crippen molar-refractivity contribution in [1.29, 1.82) is 0 Å². The number of benzene rings is 2. The third-order valence-electron chi connectivity index (χ3n) is 6.73. The molecule has 6 nitrogen and oxygen atoms in total. The summed E-state index contributed by atoms with van der Waals surface area (Å²) in [6.07, 6.45) is 2.96. The summed E-state index contributed by atoms with van der Waals surface area (Å²) >= 11 is 0. The normalized spacial score (nSPS) is 14.8. The fraction of sp³-hybridized carbons (Fsp3) is 0.444. The van der Waals surface area contributed by atoms with E-state index in [-0.39, 0.29) is 5.91 Å². The molecule has 1 saturated heterocycles. The molecule has 1 fully saturated rings. The molecule has 33 heavy (non-hydrogen) atoms. The maximum Gasteiger partial charge on any atom is 0.236 e. The molecule has 3 aromatic rings. The lowest BCUT2D eigenvalue weighted by Gasteiger charge is -2.33. The quantitative estimate of drug-likeness (QED) is 0.569. The molecule has 1 amide bonds. The maximum atomic E-state index is 12.4. The van der Waals surface area contributed by atoms with Crippen LogP contribution >= 0.6 is 0 Å². The molecule has 1 aliphatic rings. The van der Waals surface area contributed by atoms with E-state index < -0.39 is 0 Å². The van der Waals surface area contributed by atoms with Crippen LogP contribution in [0, 0.1) is 0 Å². The summed E-state index contributed by atoms with van der Waals surface area (Å²) in [5.74, 6) is 2.18. The SMILES string of the molecule is CCc1c(-c2ccc(OC)c(OC)c2)[nH]c2ccc(C3CCN(C(=O)CN(C)C)CC3)cc12. The Bertz CT molecular complexity index is 1130. The highest BCUT2D eigenvalue weighted by molar-refractivity contribution is 5.91. The highest BCUT2D eigenvalue weighted by atomic mass is 16.5. The van der Waals surface area contributed by atoms with Crippen LogP contribution in [-0.4, -0.2) is 68.6 Å². The zero-order chi connectivity index (χ0) is 23.5. The molecule has 6 heteroatoms. The Morgan fingerprint density at radius 3 is 2.42 bits per heavy atom. The van der Waals surface area contributed by atoms with E-state index in [0.29, 0.717) is 12.5 Å². The van der Waals surface area contributed by atoms with Crippen molar-refractivity contribution in [3.8, 4) is 22.8 Å². The lowest BCUT2D eigenvalue weighted by Crippen LogP contribution is -2.42. The van der Waals surface area contributed by atoms with Crippen molar-refractivity contribution in [2.24, 2.45) is 0 Å². The molecular formula is C27H35N3O3. The first kappa shape index (κ1) is 23.2. The standard InChI is InChI=1S/C27H35N3O3/c1-6-21-22-15-19(18-11-13-30(14-12-18)26(31)17-29(2)3)7-9-23(22)28-27(21)20-8-10-24(32-4)25(16-20)33-5/h7-10,15-16,18,28H,6,11-14,17H2,1-5H3. The van der Waals surface area contributed by atoms with E-state index in [1.54, 1.807) is 14.2 Å². The Morgan fingerprint density at radius 2 is 1.79 bits per heavy atom. The van der Waals surface area contributed by atoms with Crippen LogP contribution in [0.3, 0.4) is 0 Å². The molecular weight excluding hydrogens is 414 g/mol. The Kier molecular flexibility index (Phi) is 6.94. The second kappa shape index (κ2) is 9.87. The highest BCUT2D eigenvalue weighted by Gasteiger charge is 2.25. The number of aryl methyl sites for hydroxylation is 1. The number of fused-ring (bicyclic) bond motifs is 1. The summed E-state index contributed by atoms with van der Waals surface area (Å²) in [6.45, 7) is 4.35. The van der Waals surface area contributed by atoms with Crippen LogP contribution in [0.1, 0.15) is 36.8 Å². The van der Waals surface area contributed by atoms with Crippen molar-refractivity contribution in [3.05, 3.63) is 47.5 Å². The smallest absolute Gasteiger partial charge is 0.236 e. The molecule has 0 bridgehead atoms. The number of rotatable bonds is 7. The highest BCUT2D eigenvalue weighted by Crippen LogP contribution is 2.38. The summed E-state index contributed by atoms with van der Waals surface area (Å²) in [5.41, 5.74) is 6.07. The largest absolute Gasteiger partial charge is 0.493 e. The van der Waals surface area contributed by atoms with E-state index >= 15 is 0 Å². The van der Waals surface area contributed by atoms with E-state index in [2.05, 4.69) is 36.2 Å². The second-order valence-electron chi connectivity index (χ2n) is 9.10. The van der Waals surface area contributed by atoms with Crippen molar-refractivity contribution in [2.45, 2.75) is 32.1 Å². The van der Waals surface area contributed by atoms with Gasteiger partial charge in [-0.15, -0.1) is 0 Å². The summed E-state index contributed by atoms with van der Waals surface area (Å²) in [5, 5.41) is 1.28. The van der Waals surface area contributed by atoms with E-state index in [1.807, 2.05) is 36.0 Å². The van der Waals surface area contributed by atoms with Gasteiger partial charge >= 0.3 is 0 Å². The number of nitrogens with one attached hydrogen (secondary N) is 1. The number of methoxy groups -OCH3 is 2. The number of piperidine rings is 1. The molecule has 1 N–H and O–H groups in total. The van der Waals surface area contributed by atoms with Gasteiger partial charge in [0, 0.05) is 35.2 Å². The van der Waals surface area contributed by atoms with Gasteiger partial charge in [0.2, 0.25) is 5.91 Å². The maximum absolute atomic E-state index is 12.4. The van der Waals surface area contributed by atoms with Gasteiger partial charge in [0.05, 0.1) is 20.8 Å². The Labute approximate surface area is 196 Å². The summed E-state index contributed by atoms with van der Waals surface area (Å²) < 4.78 is 10.9. The third-order valence-corrected chi connectivity index (χ3v) is 6.73. The molecule has 2 heterocycles. The minimum atomic E-state index is 0.229. The number of nitrogens with zero attached hydrogens (tertiary/aromatic N) is 2. The number of likely N-dealkylation sites (N-methyl/N-ethyl adjacent to an activating group) is 1. The first-order valence-corrected chi connectivity index (χ1v) is 11.7. The Morgan fingerprint density at radius 1 is 1.06 bits per heavy atom. The minimum absolute atomic E-state index is 0.229. The number of amides is 1. The predicted molar refractivity (Wildman–Crippen MR) is 133 cm³/mol. The monoisotopic (exact) mass is 449 g/mol. The number of aromatic amines is 1. The van der Waals surface area contributed by atoms with Crippen LogP contribution in [-0.2, 0) is 11.2 Å². The van der Waals surface area contributed by atoms with Crippen molar-refractivity contribution >= 4 is 16.8 Å². The van der Waals surface area contributed by atoms with Crippen LogP contribution in [0.15, 0.2) is 36.4 Å². The number of H-pyrrole nitrogens is 1. The summed E-state index contributed by atoms with van der Waals surface area (Å²) in [6, 6.07) is 12.9. The molecule has 0 radical (unpaired) electrons. The molecule has 1 aromatic heterocycles. The third kappa shape index (κ3) is 4.71. The van der Waals surface area contributed by atoms with E-state index in [9.17, 15) is 4.79 Å². The molecule has 4 rings (SSSR count). The van der Waals surface area contributed by atoms with Gasteiger partial charge in [-0.2, -0.15) is 0 Å². The van der Waals surface area contributed by atoms with Crippen molar-refractivity contribution < 1.29 is 14.3 Å². The van der Waals surface area contributed by atoms with Crippen LogP contribution in [0.4, 0.5) is 0 Å². The molecule has 0 saturated carbocycles. The number of carbonyl (C=O) groups excluding carboxylic acids is 1. The van der Waals surface area contributed by atoms with Crippen molar-refractivity contribution in [1.82, 2.24) is 14.8 Å². The molecule has 2 aromatic carbocycles. The fourth-order valence-corrected chi connectivity index (χ4v) is 4.96. The average Bonchev–Trinajstić information content (AvgIpc) is 3.21. The van der Waals surface area contributed by atoms with Gasteiger partial charge in [-0.1, -0.05) is 13.0 Å². The number of carbonyl (C=O) groups is 1. The van der Waals surface area contributed by atoms with E-state index in [0.717, 1.165) is 60.6 Å². The molecule has 0 atom stereocenters. The van der Waals surface area contributed by atoms with E-state index in [1.165, 1.54) is 16.5 Å². The topological polar surface area (TPSA) is 57.8 Å². The van der Waals surface area contributed by atoms with Crippen LogP contribution in [0.2, 0.25) is 0 Å². The first-order valence-electron chi connectivity index (χ1n) is 11.7.